The van der Waals surface area contributed by atoms with Crippen molar-refractivity contribution in [2.24, 2.45) is 5.73 Å². The molecule has 1 heterocycles. The molecule has 2 N–H and O–H groups in total. The van der Waals surface area contributed by atoms with Gasteiger partial charge in [0, 0.05) is 38.3 Å². The van der Waals surface area contributed by atoms with E-state index in [0.717, 1.165) is 55.8 Å². The minimum absolute atomic E-state index is 0.167. The Hall–Kier alpha value is -1.39. The highest BCUT2D eigenvalue weighted by atomic mass is 16.2. The van der Waals surface area contributed by atoms with Crippen LogP contribution >= 0.6 is 0 Å². The minimum atomic E-state index is 0.167. The predicted molar refractivity (Wildman–Crippen MR) is 81.9 cm³/mol. The van der Waals surface area contributed by atoms with Crippen LogP contribution in [0.25, 0.3) is 0 Å². The fourth-order valence-corrected chi connectivity index (χ4v) is 2.72. The van der Waals surface area contributed by atoms with Crippen molar-refractivity contribution in [3.05, 3.63) is 34.9 Å². The molecule has 0 aliphatic carbocycles. The van der Waals surface area contributed by atoms with Crippen LogP contribution in [0.2, 0.25) is 0 Å². The van der Waals surface area contributed by atoms with Gasteiger partial charge in [-0.25, -0.2) is 0 Å². The Morgan fingerprint density at radius 2 is 2.00 bits per heavy atom. The highest BCUT2D eigenvalue weighted by molar-refractivity contribution is 5.95. The van der Waals surface area contributed by atoms with Crippen LogP contribution in [0.4, 0.5) is 0 Å². The first-order chi connectivity index (χ1) is 9.61. The van der Waals surface area contributed by atoms with Crippen LogP contribution in [-0.4, -0.2) is 55.0 Å². The molecular formula is C16H25N3O. The zero-order chi connectivity index (χ0) is 14.5. The molecule has 0 bridgehead atoms. The van der Waals surface area contributed by atoms with E-state index in [4.69, 9.17) is 5.73 Å². The molecule has 1 aliphatic heterocycles. The van der Waals surface area contributed by atoms with Gasteiger partial charge in [-0.1, -0.05) is 17.7 Å². The fourth-order valence-electron chi connectivity index (χ4n) is 2.72. The number of nitrogens with zero attached hydrogens (tertiary/aromatic N) is 2. The Labute approximate surface area is 121 Å². The van der Waals surface area contributed by atoms with Crippen LogP contribution < -0.4 is 5.73 Å². The van der Waals surface area contributed by atoms with E-state index in [1.165, 1.54) is 0 Å². The summed E-state index contributed by atoms with van der Waals surface area (Å²) in [5.74, 6) is 0.167. The lowest BCUT2D eigenvalue weighted by molar-refractivity contribution is 0.0761. The molecule has 0 saturated carbocycles. The van der Waals surface area contributed by atoms with Crippen molar-refractivity contribution in [2.75, 3.05) is 39.3 Å². The summed E-state index contributed by atoms with van der Waals surface area (Å²) < 4.78 is 0. The van der Waals surface area contributed by atoms with Crippen molar-refractivity contribution < 1.29 is 4.79 Å². The average molecular weight is 275 g/mol. The topological polar surface area (TPSA) is 49.6 Å². The van der Waals surface area contributed by atoms with E-state index < -0.39 is 0 Å². The quantitative estimate of drug-likeness (QED) is 0.907. The van der Waals surface area contributed by atoms with Crippen LogP contribution in [0.3, 0.4) is 0 Å². The molecule has 0 atom stereocenters. The molecule has 1 aromatic carbocycles. The van der Waals surface area contributed by atoms with Gasteiger partial charge in [-0.2, -0.15) is 0 Å². The number of rotatable bonds is 3. The van der Waals surface area contributed by atoms with Gasteiger partial charge in [0.25, 0.3) is 5.91 Å². The number of benzene rings is 1. The van der Waals surface area contributed by atoms with E-state index in [2.05, 4.69) is 11.0 Å². The highest BCUT2D eigenvalue weighted by Gasteiger charge is 2.21. The van der Waals surface area contributed by atoms with Crippen molar-refractivity contribution >= 4 is 5.91 Å². The molecule has 2 rings (SSSR count). The molecule has 20 heavy (non-hydrogen) atoms. The standard InChI is InChI=1S/C16H25N3O/c1-13-4-5-14(2)15(12-13)16(20)19-8-3-7-18(9-6-17)10-11-19/h4-5,12H,3,6-11,17H2,1-2H3. The van der Waals surface area contributed by atoms with Gasteiger partial charge in [0.05, 0.1) is 0 Å². The van der Waals surface area contributed by atoms with E-state index in [0.29, 0.717) is 6.54 Å². The number of carbonyl (C=O) groups is 1. The Morgan fingerprint density at radius 3 is 2.75 bits per heavy atom. The normalized spacial score (nSPS) is 17.1. The summed E-state index contributed by atoms with van der Waals surface area (Å²) >= 11 is 0. The van der Waals surface area contributed by atoms with Gasteiger partial charge in [-0.15, -0.1) is 0 Å². The van der Waals surface area contributed by atoms with Crippen molar-refractivity contribution in [3.8, 4) is 0 Å². The smallest absolute Gasteiger partial charge is 0.254 e. The predicted octanol–water partition coefficient (Wildman–Crippen LogP) is 1.41. The summed E-state index contributed by atoms with van der Waals surface area (Å²) in [6.07, 6.45) is 1.02. The number of nitrogens with two attached hydrogens (primary N) is 1. The summed E-state index contributed by atoms with van der Waals surface area (Å²) in [5, 5.41) is 0. The summed E-state index contributed by atoms with van der Waals surface area (Å²) in [4.78, 5) is 17.0. The number of aryl methyl sites for hydroxylation is 2. The van der Waals surface area contributed by atoms with E-state index in [1.54, 1.807) is 0 Å². The molecular weight excluding hydrogens is 250 g/mol. The average Bonchev–Trinajstić information content (AvgIpc) is 2.67. The van der Waals surface area contributed by atoms with Crippen molar-refractivity contribution in [1.82, 2.24) is 9.80 Å². The Kier molecular flexibility index (Phi) is 5.15. The van der Waals surface area contributed by atoms with Crippen molar-refractivity contribution in [2.45, 2.75) is 20.3 Å². The first-order valence-corrected chi connectivity index (χ1v) is 7.41. The first kappa shape index (κ1) is 15.0. The highest BCUT2D eigenvalue weighted by Crippen LogP contribution is 2.15. The second kappa shape index (κ2) is 6.86. The van der Waals surface area contributed by atoms with E-state index in [9.17, 15) is 4.79 Å². The fraction of sp³-hybridized carbons (Fsp3) is 0.562. The molecule has 4 heteroatoms. The first-order valence-electron chi connectivity index (χ1n) is 7.41. The lowest BCUT2D eigenvalue weighted by Crippen LogP contribution is -2.36. The van der Waals surface area contributed by atoms with Gasteiger partial charge >= 0.3 is 0 Å². The summed E-state index contributed by atoms with van der Waals surface area (Å²) in [7, 11) is 0. The van der Waals surface area contributed by atoms with Crippen LogP contribution in [0.1, 0.15) is 27.9 Å². The van der Waals surface area contributed by atoms with Gasteiger partial charge in [-0.3, -0.25) is 4.79 Å². The lowest BCUT2D eigenvalue weighted by Gasteiger charge is -2.22. The largest absolute Gasteiger partial charge is 0.337 e. The van der Waals surface area contributed by atoms with E-state index in [-0.39, 0.29) is 5.91 Å². The van der Waals surface area contributed by atoms with Gasteiger partial charge in [0.15, 0.2) is 0 Å². The van der Waals surface area contributed by atoms with E-state index in [1.807, 2.05) is 30.9 Å². The number of hydrogen-bond acceptors (Lipinski definition) is 3. The molecule has 4 nitrogen and oxygen atoms in total. The third kappa shape index (κ3) is 3.58. The third-order valence-corrected chi connectivity index (χ3v) is 3.94. The van der Waals surface area contributed by atoms with Crippen molar-refractivity contribution in [3.63, 3.8) is 0 Å². The summed E-state index contributed by atoms with van der Waals surface area (Å²) in [6.45, 7) is 9.24. The molecule has 1 aliphatic rings. The van der Waals surface area contributed by atoms with Crippen LogP contribution in [-0.2, 0) is 0 Å². The molecule has 0 spiro atoms. The second-order valence-electron chi connectivity index (χ2n) is 5.59. The van der Waals surface area contributed by atoms with Gasteiger partial charge < -0.3 is 15.5 Å². The maximum absolute atomic E-state index is 12.7. The van der Waals surface area contributed by atoms with E-state index >= 15 is 0 Å². The minimum Gasteiger partial charge on any atom is -0.337 e. The van der Waals surface area contributed by atoms with Crippen molar-refractivity contribution in [1.29, 1.82) is 0 Å². The summed E-state index contributed by atoms with van der Waals surface area (Å²) in [5.41, 5.74) is 8.65. The zero-order valence-electron chi connectivity index (χ0n) is 12.6. The Bertz CT molecular complexity index is 473. The van der Waals surface area contributed by atoms with Gasteiger partial charge in [0.2, 0.25) is 0 Å². The monoisotopic (exact) mass is 275 g/mol. The maximum Gasteiger partial charge on any atom is 0.254 e. The SMILES string of the molecule is Cc1ccc(C)c(C(=O)N2CCCN(CCN)CC2)c1. The number of amides is 1. The Morgan fingerprint density at radius 1 is 1.20 bits per heavy atom. The second-order valence-corrected chi connectivity index (χ2v) is 5.59. The molecule has 1 amide bonds. The molecule has 1 saturated heterocycles. The van der Waals surface area contributed by atoms with Crippen LogP contribution in [0.15, 0.2) is 18.2 Å². The molecule has 110 valence electrons. The number of carbonyl (C=O) groups excluding carboxylic acids is 1. The van der Waals surface area contributed by atoms with Crippen LogP contribution in [0.5, 0.6) is 0 Å². The molecule has 0 unspecified atom stereocenters. The molecule has 1 fully saturated rings. The zero-order valence-corrected chi connectivity index (χ0v) is 12.6. The maximum atomic E-state index is 12.7. The third-order valence-electron chi connectivity index (χ3n) is 3.94. The van der Waals surface area contributed by atoms with Gasteiger partial charge in [-0.05, 0) is 38.4 Å². The molecule has 1 aromatic rings. The number of hydrogen-bond donors (Lipinski definition) is 1. The Balaban J connectivity index is 2.07. The molecule has 0 aromatic heterocycles. The lowest BCUT2D eigenvalue weighted by atomic mass is 10.0. The van der Waals surface area contributed by atoms with Gasteiger partial charge in [0.1, 0.15) is 0 Å². The summed E-state index contributed by atoms with van der Waals surface area (Å²) in [6, 6.07) is 6.08. The molecule has 0 radical (unpaired) electrons. The van der Waals surface area contributed by atoms with Crippen LogP contribution in [0, 0.1) is 13.8 Å².